The summed E-state index contributed by atoms with van der Waals surface area (Å²) in [6.45, 7) is 0.0689. The van der Waals surface area contributed by atoms with Gasteiger partial charge in [0, 0.05) is 25.9 Å². The number of imide groups is 2. The van der Waals surface area contributed by atoms with Crippen LogP contribution in [-0.4, -0.2) is 57.0 Å². The Balaban J connectivity index is 1.96. The number of carbonyl (C=O) groups is 4. The van der Waals surface area contributed by atoms with Crippen molar-refractivity contribution >= 4 is 48.9 Å². The molecule has 2 atom stereocenters. The van der Waals surface area contributed by atoms with Gasteiger partial charge in [0.2, 0.25) is 23.6 Å². The molecule has 0 aliphatic carbocycles. The van der Waals surface area contributed by atoms with Gasteiger partial charge in [0.15, 0.2) is 0 Å². The molecule has 6 nitrogen and oxygen atoms in total. The van der Waals surface area contributed by atoms with Crippen LogP contribution < -0.4 is 0 Å². The standard InChI is InChI=1S/C10H12N2O4S2/c13-7-3-5(17)9(15)11(7)1-2-12-8(14)4-6(18)10(12)16/h5-6,17-18H,1-4H2/t5-,6-/m1/s1. The molecule has 2 rings (SSSR count). The first kappa shape index (κ1) is 13.4. The molecule has 8 heteroatoms. The van der Waals surface area contributed by atoms with E-state index >= 15 is 0 Å². The predicted octanol–water partition coefficient (Wildman–Crippen LogP) is -0.899. The maximum absolute atomic E-state index is 11.6. The lowest BCUT2D eigenvalue weighted by molar-refractivity contribution is -0.143. The lowest BCUT2D eigenvalue weighted by Gasteiger charge is -2.19. The number of nitrogens with zero attached hydrogens (tertiary/aromatic N) is 2. The molecule has 2 aliphatic heterocycles. The average Bonchev–Trinajstić information content (AvgIpc) is 2.67. The zero-order valence-electron chi connectivity index (χ0n) is 9.40. The Morgan fingerprint density at radius 2 is 1.17 bits per heavy atom. The Morgan fingerprint density at radius 1 is 0.833 bits per heavy atom. The van der Waals surface area contributed by atoms with Crippen molar-refractivity contribution in [3.63, 3.8) is 0 Å². The van der Waals surface area contributed by atoms with Crippen LogP contribution in [0.25, 0.3) is 0 Å². The van der Waals surface area contributed by atoms with Gasteiger partial charge < -0.3 is 0 Å². The van der Waals surface area contributed by atoms with E-state index in [0.29, 0.717) is 0 Å². The molecule has 0 N–H and O–H groups in total. The molecule has 98 valence electrons. The fourth-order valence-corrected chi connectivity index (χ4v) is 2.59. The van der Waals surface area contributed by atoms with Gasteiger partial charge in [-0.2, -0.15) is 25.3 Å². The lowest BCUT2D eigenvalue weighted by atomic mass is 10.4. The minimum Gasteiger partial charge on any atom is -0.280 e. The first-order valence-corrected chi connectivity index (χ1v) is 6.49. The van der Waals surface area contributed by atoms with Gasteiger partial charge in [-0.1, -0.05) is 0 Å². The van der Waals surface area contributed by atoms with Crippen LogP contribution in [0.5, 0.6) is 0 Å². The van der Waals surface area contributed by atoms with E-state index in [9.17, 15) is 19.2 Å². The molecular formula is C10H12N2O4S2. The topological polar surface area (TPSA) is 74.8 Å². The van der Waals surface area contributed by atoms with E-state index in [1.54, 1.807) is 0 Å². The van der Waals surface area contributed by atoms with Crippen LogP contribution in [0.3, 0.4) is 0 Å². The van der Waals surface area contributed by atoms with Gasteiger partial charge in [-0.05, 0) is 0 Å². The Morgan fingerprint density at radius 3 is 1.39 bits per heavy atom. The highest BCUT2D eigenvalue weighted by Crippen LogP contribution is 2.20. The number of rotatable bonds is 3. The molecule has 0 aromatic rings. The molecule has 2 saturated heterocycles. The smallest absolute Gasteiger partial charge is 0.242 e. The summed E-state index contributed by atoms with van der Waals surface area (Å²) in [6, 6.07) is 0. The van der Waals surface area contributed by atoms with Gasteiger partial charge in [0.1, 0.15) is 0 Å². The monoisotopic (exact) mass is 288 g/mol. The highest BCUT2D eigenvalue weighted by Gasteiger charge is 2.39. The number of carbonyl (C=O) groups excluding carboxylic acids is 4. The van der Waals surface area contributed by atoms with Crippen molar-refractivity contribution in [2.45, 2.75) is 23.3 Å². The lowest BCUT2D eigenvalue weighted by Crippen LogP contribution is -2.41. The highest BCUT2D eigenvalue weighted by atomic mass is 32.1. The first-order valence-electron chi connectivity index (χ1n) is 5.46. The molecule has 0 radical (unpaired) electrons. The van der Waals surface area contributed by atoms with E-state index in [2.05, 4.69) is 25.3 Å². The number of amides is 4. The molecule has 0 saturated carbocycles. The summed E-state index contributed by atoms with van der Waals surface area (Å²) < 4.78 is 0. The van der Waals surface area contributed by atoms with Crippen LogP contribution in [0, 0.1) is 0 Å². The molecule has 0 aromatic carbocycles. The van der Waals surface area contributed by atoms with Crippen molar-refractivity contribution in [2.24, 2.45) is 0 Å². The Kier molecular flexibility index (Phi) is 3.67. The molecule has 0 aromatic heterocycles. The zero-order valence-corrected chi connectivity index (χ0v) is 11.2. The first-order chi connectivity index (χ1) is 8.41. The number of hydrogen-bond donors (Lipinski definition) is 2. The molecular weight excluding hydrogens is 276 g/mol. The van der Waals surface area contributed by atoms with Crippen LogP contribution >= 0.6 is 25.3 Å². The second kappa shape index (κ2) is 4.93. The molecule has 2 fully saturated rings. The Labute approximate surface area is 114 Å². The SMILES string of the molecule is O=C1C[C@@H](S)C(=O)N1CCN1C(=O)C[C@@H](S)C1=O. The fraction of sp³-hybridized carbons (Fsp3) is 0.600. The van der Waals surface area contributed by atoms with Crippen LogP contribution in [-0.2, 0) is 19.2 Å². The van der Waals surface area contributed by atoms with Gasteiger partial charge >= 0.3 is 0 Å². The number of thiol groups is 2. The summed E-state index contributed by atoms with van der Waals surface area (Å²) in [5.74, 6) is -1.38. The minimum atomic E-state index is -0.611. The van der Waals surface area contributed by atoms with E-state index in [1.807, 2.05) is 0 Å². The Bertz CT molecular complexity index is 400. The normalized spacial score (nSPS) is 28.8. The molecule has 0 spiro atoms. The maximum Gasteiger partial charge on any atom is 0.242 e. The second-order valence-corrected chi connectivity index (χ2v) is 5.45. The summed E-state index contributed by atoms with van der Waals surface area (Å²) in [5, 5.41) is -1.22. The van der Waals surface area contributed by atoms with Gasteiger partial charge in [-0.15, -0.1) is 0 Å². The van der Waals surface area contributed by atoms with E-state index < -0.39 is 10.5 Å². The third-order valence-electron chi connectivity index (χ3n) is 2.99. The molecule has 0 bridgehead atoms. The van der Waals surface area contributed by atoms with Gasteiger partial charge in [0.05, 0.1) is 10.5 Å². The number of likely N-dealkylation sites (tertiary alicyclic amines) is 2. The van der Waals surface area contributed by atoms with Crippen LogP contribution in [0.1, 0.15) is 12.8 Å². The molecule has 2 heterocycles. The quantitative estimate of drug-likeness (QED) is 0.521. The number of hydrogen-bond acceptors (Lipinski definition) is 6. The summed E-state index contributed by atoms with van der Waals surface area (Å²) in [4.78, 5) is 48.2. The second-order valence-electron chi connectivity index (χ2n) is 4.21. The highest BCUT2D eigenvalue weighted by molar-refractivity contribution is 7.82. The Hall–Kier alpha value is -1.02. The zero-order chi connectivity index (χ0) is 13.4. The van der Waals surface area contributed by atoms with Crippen LogP contribution in [0.4, 0.5) is 0 Å². The van der Waals surface area contributed by atoms with Crippen LogP contribution in [0.15, 0.2) is 0 Å². The van der Waals surface area contributed by atoms with E-state index in [0.717, 1.165) is 9.80 Å². The summed E-state index contributed by atoms with van der Waals surface area (Å²) in [6.07, 6.45) is 0.137. The van der Waals surface area contributed by atoms with Crippen molar-refractivity contribution in [2.75, 3.05) is 13.1 Å². The maximum atomic E-state index is 11.6. The third kappa shape index (κ3) is 2.26. The van der Waals surface area contributed by atoms with Crippen molar-refractivity contribution in [1.29, 1.82) is 0 Å². The average molecular weight is 288 g/mol. The van der Waals surface area contributed by atoms with E-state index in [4.69, 9.17) is 0 Å². The van der Waals surface area contributed by atoms with E-state index in [-0.39, 0.29) is 49.6 Å². The molecule has 18 heavy (non-hydrogen) atoms. The predicted molar refractivity (Wildman–Crippen MR) is 68.2 cm³/mol. The largest absolute Gasteiger partial charge is 0.280 e. The molecule has 0 unspecified atom stereocenters. The van der Waals surface area contributed by atoms with Gasteiger partial charge in [0.25, 0.3) is 0 Å². The van der Waals surface area contributed by atoms with E-state index in [1.165, 1.54) is 0 Å². The molecule has 2 aliphatic rings. The van der Waals surface area contributed by atoms with Crippen molar-refractivity contribution < 1.29 is 19.2 Å². The molecule has 4 amide bonds. The summed E-state index contributed by atoms with van der Waals surface area (Å²) >= 11 is 7.97. The summed E-state index contributed by atoms with van der Waals surface area (Å²) in [5.41, 5.74) is 0. The van der Waals surface area contributed by atoms with Crippen LogP contribution in [0.2, 0.25) is 0 Å². The van der Waals surface area contributed by atoms with Crippen molar-refractivity contribution in [1.82, 2.24) is 9.80 Å². The van der Waals surface area contributed by atoms with Gasteiger partial charge in [-0.3, -0.25) is 29.0 Å². The minimum absolute atomic E-state index is 0.0344. The fourth-order valence-electron chi connectivity index (χ4n) is 2.00. The van der Waals surface area contributed by atoms with Crippen molar-refractivity contribution in [3.8, 4) is 0 Å². The van der Waals surface area contributed by atoms with Gasteiger partial charge in [-0.25, -0.2) is 0 Å². The van der Waals surface area contributed by atoms with Crippen molar-refractivity contribution in [3.05, 3.63) is 0 Å². The third-order valence-corrected chi connectivity index (χ3v) is 3.79. The summed E-state index contributed by atoms with van der Waals surface area (Å²) in [7, 11) is 0.